The van der Waals surface area contributed by atoms with Crippen molar-refractivity contribution in [3.8, 4) is 0 Å². The Kier molecular flexibility index (Phi) is 8.20. The molecule has 1 aliphatic rings. The van der Waals surface area contributed by atoms with E-state index in [-0.39, 0.29) is 32.4 Å². The number of aryl methyl sites for hydroxylation is 1. The highest BCUT2D eigenvalue weighted by Crippen LogP contribution is 2.35. The lowest BCUT2D eigenvalue weighted by Crippen LogP contribution is -2.39. The largest absolute Gasteiger partial charge is 0.370 e. The van der Waals surface area contributed by atoms with Crippen LogP contribution in [0, 0.1) is 0 Å². The molecule has 3 heterocycles. The van der Waals surface area contributed by atoms with Crippen molar-refractivity contribution in [2.45, 2.75) is 17.2 Å². The normalized spacial score (nSPS) is 14.9. The Morgan fingerprint density at radius 3 is 2.61 bits per heavy atom. The Bertz CT molecular complexity index is 1470. The fourth-order valence-corrected chi connectivity index (χ4v) is 6.87. The van der Waals surface area contributed by atoms with E-state index in [1.807, 2.05) is 0 Å². The predicted octanol–water partition coefficient (Wildman–Crippen LogP) is 5.58. The summed E-state index contributed by atoms with van der Waals surface area (Å²) in [7, 11) is -2.51. The van der Waals surface area contributed by atoms with Gasteiger partial charge in [-0.15, -0.1) is 11.3 Å². The van der Waals surface area contributed by atoms with Gasteiger partial charge < -0.3 is 10.1 Å². The number of carbonyl (C=O) groups is 1. The zero-order valence-electron chi connectivity index (χ0n) is 18.4. The van der Waals surface area contributed by atoms with Gasteiger partial charge in [0.25, 0.3) is 10.0 Å². The number of amides is 2. The maximum Gasteiger partial charge on any atom is 0.329 e. The van der Waals surface area contributed by atoms with Gasteiger partial charge in [-0.3, -0.25) is 4.68 Å². The molecule has 0 saturated heterocycles. The first kappa shape index (κ1) is 27.2. The van der Waals surface area contributed by atoms with Crippen LogP contribution < -0.4 is 10.0 Å². The second-order valence-electron chi connectivity index (χ2n) is 7.66. The Hall–Kier alpha value is -1.86. The van der Waals surface area contributed by atoms with E-state index in [1.54, 1.807) is 34.7 Å². The number of halogens is 5. The quantitative estimate of drug-likeness (QED) is 0.378. The Morgan fingerprint density at radius 1 is 1.19 bits per heavy atom. The van der Waals surface area contributed by atoms with Crippen molar-refractivity contribution in [1.29, 1.82) is 0 Å². The van der Waals surface area contributed by atoms with Gasteiger partial charge in [0.05, 0.1) is 36.2 Å². The van der Waals surface area contributed by atoms with Crippen LogP contribution in [-0.4, -0.2) is 37.4 Å². The van der Waals surface area contributed by atoms with E-state index in [0.717, 1.165) is 11.6 Å². The third kappa shape index (κ3) is 5.83. The number of hydrogen-bond donors (Lipinski definition) is 2. The SMILES string of the molecule is Cn1nc2c(c1Cc1ccc(Cl)cc1Cl)/C(=C(\F)CNC(=O)NS(=O)(=O)c1cc(Cl)c(Cl)s1)COC2. The minimum Gasteiger partial charge on any atom is -0.370 e. The van der Waals surface area contributed by atoms with Gasteiger partial charge in [0, 0.05) is 34.7 Å². The summed E-state index contributed by atoms with van der Waals surface area (Å²) in [6, 6.07) is 5.10. The molecule has 0 bridgehead atoms. The first-order valence-electron chi connectivity index (χ1n) is 10.2. The Balaban J connectivity index is 1.54. The monoisotopic (exact) mass is 612 g/mol. The van der Waals surface area contributed by atoms with Crippen molar-refractivity contribution < 1.29 is 22.3 Å². The number of nitrogens with one attached hydrogen (secondary N) is 2. The van der Waals surface area contributed by atoms with Crippen molar-refractivity contribution in [2.24, 2.45) is 7.05 Å². The Labute approximate surface area is 230 Å². The number of urea groups is 1. The first-order valence-corrected chi connectivity index (χ1v) is 14.0. The topological polar surface area (TPSA) is 102 Å². The molecule has 3 aromatic rings. The van der Waals surface area contributed by atoms with Crippen LogP contribution in [0.1, 0.15) is 22.5 Å². The average molecular weight is 614 g/mol. The van der Waals surface area contributed by atoms with Crippen LogP contribution >= 0.6 is 57.7 Å². The molecule has 1 aliphatic heterocycles. The molecule has 1 aromatic carbocycles. The molecule has 0 radical (unpaired) electrons. The van der Waals surface area contributed by atoms with Crippen molar-refractivity contribution in [1.82, 2.24) is 19.8 Å². The summed E-state index contributed by atoms with van der Waals surface area (Å²) in [5.41, 5.74) is 2.76. The lowest BCUT2D eigenvalue weighted by molar-refractivity contribution is 0.141. The molecule has 0 saturated carbocycles. The summed E-state index contributed by atoms with van der Waals surface area (Å²) in [5, 5.41) is 7.64. The van der Waals surface area contributed by atoms with Gasteiger partial charge >= 0.3 is 6.03 Å². The lowest BCUT2D eigenvalue weighted by Gasteiger charge is -2.18. The van der Waals surface area contributed by atoms with Crippen LogP contribution in [0.3, 0.4) is 0 Å². The van der Waals surface area contributed by atoms with Crippen LogP contribution in [0.5, 0.6) is 0 Å². The number of ether oxygens (including phenoxy) is 1. The maximum absolute atomic E-state index is 15.3. The summed E-state index contributed by atoms with van der Waals surface area (Å²) in [5.74, 6) is -0.706. The highest BCUT2D eigenvalue weighted by molar-refractivity contribution is 7.92. The standard InChI is InChI=1S/C21H17Cl4FN4O4S2/c1-30-17(4-10-2-3-11(22)5-13(10)23)19-12(8-34-9-16(19)28-30)15(26)7-27-21(31)29-36(32,33)18-6-14(24)20(25)35-18/h2-3,5-6H,4,7-9H2,1H3,(H2,27,29,31)/b15-12-. The number of rotatable bonds is 6. The minimum atomic E-state index is -4.24. The van der Waals surface area contributed by atoms with E-state index in [1.165, 1.54) is 0 Å². The second-order valence-corrected chi connectivity index (χ2v) is 12.5. The average Bonchev–Trinajstić information content (AvgIpc) is 3.32. The van der Waals surface area contributed by atoms with Crippen molar-refractivity contribution >= 4 is 79.4 Å². The van der Waals surface area contributed by atoms with Crippen LogP contribution in [-0.2, 0) is 34.8 Å². The highest BCUT2D eigenvalue weighted by Gasteiger charge is 2.28. The smallest absolute Gasteiger partial charge is 0.329 e. The van der Waals surface area contributed by atoms with Crippen molar-refractivity contribution in [3.05, 3.63) is 72.0 Å². The van der Waals surface area contributed by atoms with E-state index in [0.29, 0.717) is 44.8 Å². The van der Waals surface area contributed by atoms with Crippen molar-refractivity contribution in [3.63, 3.8) is 0 Å². The molecule has 36 heavy (non-hydrogen) atoms. The molecule has 2 amide bonds. The molecule has 2 aromatic heterocycles. The third-order valence-electron chi connectivity index (χ3n) is 5.24. The number of benzene rings is 1. The van der Waals surface area contributed by atoms with Gasteiger partial charge in [-0.25, -0.2) is 22.3 Å². The highest BCUT2D eigenvalue weighted by atomic mass is 35.5. The Morgan fingerprint density at radius 2 is 1.94 bits per heavy atom. The fraction of sp³-hybridized carbons (Fsp3) is 0.238. The number of sulfonamides is 1. The van der Waals surface area contributed by atoms with E-state index in [4.69, 9.17) is 51.1 Å². The maximum atomic E-state index is 15.3. The molecule has 8 nitrogen and oxygen atoms in total. The van der Waals surface area contributed by atoms with Gasteiger partial charge in [0.15, 0.2) is 0 Å². The summed E-state index contributed by atoms with van der Waals surface area (Å²) in [6.45, 7) is -0.451. The molecule has 0 fully saturated rings. The van der Waals surface area contributed by atoms with E-state index in [9.17, 15) is 13.2 Å². The third-order valence-corrected chi connectivity index (χ3v) is 9.50. The van der Waals surface area contributed by atoms with E-state index < -0.39 is 28.4 Å². The van der Waals surface area contributed by atoms with Crippen LogP contribution in [0.4, 0.5) is 9.18 Å². The number of aromatic nitrogens is 2. The van der Waals surface area contributed by atoms with E-state index >= 15 is 4.39 Å². The van der Waals surface area contributed by atoms with Gasteiger partial charge in [-0.1, -0.05) is 52.5 Å². The lowest BCUT2D eigenvalue weighted by atomic mass is 9.97. The van der Waals surface area contributed by atoms with Crippen LogP contribution in [0.25, 0.3) is 5.57 Å². The minimum absolute atomic E-state index is 0.0403. The first-order chi connectivity index (χ1) is 17.0. The molecule has 15 heteroatoms. The van der Waals surface area contributed by atoms with Crippen LogP contribution in [0.2, 0.25) is 19.4 Å². The van der Waals surface area contributed by atoms with Crippen LogP contribution in [0.15, 0.2) is 34.3 Å². The second kappa shape index (κ2) is 10.9. The number of hydrogen-bond acceptors (Lipinski definition) is 6. The van der Waals surface area contributed by atoms with Crippen molar-refractivity contribution in [2.75, 3.05) is 13.2 Å². The molecule has 0 aliphatic carbocycles. The van der Waals surface area contributed by atoms with E-state index in [2.05, 4.69) is 10.4 Å². The molecular formula is C21H17Cl4FN4O4S2. The molecular weight excluding hydrogens is 597 g/mol. The molecule has 0 unspecified atom stereocenters. The molecule has 0 spiro atoms. The summed E-state index contributed by atoms with van der Waals surface area (Å²) in [6.07, 6.45) is 0.351. The molecule has 0 atom stereocenters. The summed E-state index contributed by atoms with van der Waals surface area (Å²) in [4.78, 5) is 12.2. The zero-order valence-corrected chi connectivity index (χ0v) is 23.0. The number of thiophene rings is 1. The van der Waals surface area contributed by atoms with Gasteiger partial charge in [0.1, 0.15) is 14.4 Å². The van der Waals surface area contributed by atoms with Gasteiger partial charge in [-0.05, 0) is 23.8 Å². The number of carbonyl (C=O) groups excluding carboxylic acids is 1. The summed E-state index contributed by atoms with van der Waals surface area (Å²) < 4.78 is 48.7. The predicted molar refractivity (Wildman–Crippen MR) is 138 cm³/mol. The fourth-order valence-electron chi connectivity index (χ4n) is 3.59. The van der Waals surface area contributed by atoms with Gasteiger partial charge in [-0.2, -0.15) is 5.10 Å². The number of fused-ring (bicyclic) bond motifs is 1. The molecule has 2 N–H and O–H groups in total. The molecule has 192 valence electrons. The molecule has 4 rings (SSSR count). The summed E-state index contributed by atoms with van der Waals surface area (Å²) >= 11 is 24.6. The number of nitrogens with zero attached hydrogens (tertiary/aromatic N) is 2. The van der Waals surface area contributed by atoms with Gasteiger partial charge in [0.2, 0.25) is 0 Å². The zero-order chi connectivity index (χ0) is 26.2.